The van der Waals surface area contributed by atoms with Gasteiger partial charge in [0.25, 0.3) is 0 Å². The van der Waals surface area contributed by atoms with Crippen molar-refractivity contribution in [2.75, 3.05) is 0 Å². The monoisotopic (exact) mass is 181 g/mol. The SMILES string of the molecule is CC(O)Cc1cccc(C(=O)O)n1. The van der Waals surface area contributed by atoms with Crippen molar-refractivity contribution in [1.29, 1.82) is 0 Å². The molecule has 1 aromatic rings. The second kappa shape index (κ2) is 4.00. The number of aliphatic hydroxyl groups excluding tert-OH is 1. The average Bonchev–Trinajstić information content (AvgIpc) is 2.03. The predicted octanol–water partition coefficient (Wildman–Crippen LogP) is 0.703. The fourth-order valence-corrected chi connectivity index (χ4v) is 1.02. The molecule has 2 N–H and O–H groups in total. The highest BCUT2D eigenvalue weighted by Crippen LogP contribution is 2.02. The van der Waals surface area contributed by atoms with Gasteiger partial charge in [-0.05, 0) is 19.1 Å². The average molecular weight is 181 g/mol. The van der Waals surface area contributed by atoms with E-state index >= 15 is 0 Å². The van der Waals surface area contributed by atoms with E-state index in [1.807, 2.05) is 0 Å². The summed E-state index contributed by atoms with van der Waals surface area (Å²) in [5.74, 6) is -1.05. The maximum Gasteiger partial charge on any atom is 0.354 e. The van der Waals surface area contributed by atoms with E-state index in [1.54, 1.807) is 19.1 Å². The summed E-state index contributed by atoms with van der Waals surface area (Å²) in [7, 11) is 0. The van der Waals surface area contributed by atoms with Gasteiger partial charge in [0, 0.05) is 12.1 Å². The van der Waals surface area contributed by atoms with Crippen LogP contribution in [0, 0.1) is 0 Å². The van der Waals surface area contributed by atoms with Crippen LogP contribution in [0.25, 0.3) is 0 Å². The van der Waals surface area contributed by atoms with Crippen LogP contribution in [-0.2, 0) is 6.42 Å². The van der Waals surface area contributed by atoms with Crippen molar-refractivity contribution in [2.45, 2.75) is 19.4 Å². The van der Waals surface area contributed by atoms with Crippen LogP contribution in [0.1, 0.15) is 23.1 Å². The molecule has 0 aliphatic rings. The van der Waals surface area contributed by atoms with E-state index in [2.05, 4.69) is 4.98 Å². The molecule has 1 aromatic heterocycles. The molecule has 0 bridgehead atoms. The first-order valence-electron chi connectivity index (χ1n) is 3.97. The molecule has 0 fully saturated rings. The molecule has 13 heavy (non-hydrogen) atoms. The molecule has 1 unspecified atom stereocenters. The minimum atomic E-state index is -1.05. The third kappa shape index (κ3) is 2.83. The van der Waals surface area contributed by atoms with Crippen LogP contribution in [0.2, 0.25) is 0 Å². The highest BCUT2D eigenvalue weighted by atomic mass is 16.4. The van der Waals surface area contributed by atoms with Crippen molar-refractivity contribution < 1.29 is 15.0 Å². The summed E-state index contributed by atoms with van der Waals surface area (Å²) in [6.07, 6.45) is -0.127. The third-order valence-corrected chi connectivity index (χ3v) is 1.53. The Labute approximate surface area is 75.9 Å². The van der Waals surface area contributed by atoms with Gasteiger partial charge < -0.3 is 10.2 Å². The quantitative estimate of drug-likeness (QED) is 0.720. The van der Waals surface area contributed by atoms with Crippen molar-refractivity contribution >= 4 is 5.97 Å². The number of aliphatic hydroxyl groups is 1. The topological polar surface area (TPSA) is 70.4 Å². The molecule has 4 nitrogen and oxygen atoms in total. The lowest BCUT2D eigenvalue weighted by atomic mass is 10.2. The molecule has 0 amide bonds. The molecule has 0 aliphatic heterocycles. The first-order chi connectivity index (χ1) is 6.09. The third-order valence-electron chi connectivity index (χ3n) is 1.53. The Morgan fingerprint density at radius 1 is 1.62 bits per heavy atom. The minimum Gasteiger partial charge on any atom is -0.477 e. The van der Waals surface area contributed by atoms with Crippen molar-refractivity contribution in [1.82, 2.24) is 4.98 Å². The molecule has 1 atom stereocenters. The van der Waals surface area contributed by atoms with Crippen molar-refractivity contribution in [2.24, 2.45) is 0 Å². The number of carboxylic acids is 1. The second-order valence-electron chi connectivity index (χ2n) is 2.87. The van der Waals surface area contributed by atoms with Crippen LogP contribution in [0.3, 0.4) is 0 Å². The molecular formula is C9H11NO3. The van der Waals surface area contributed by atoms with E-state index in [0.29, 0.717) is 12.1 Å². The molecule has 70 valence electrons. The normalized spacial score (nSPS) is 12.5. The van der Waals surface area contributed by atoms with Gasteiger partial charge >= 0.3 is 5.97 Å². The Kier molecular flexibility index (Phi) is 2.97. The minimum absolute atomic E-state index is 0.0122. The Hall–Kier alpha value is -1.42. The van der Waals surface area contributed by atoms with E-state index in [4.69, 9.17) is 10.2 Å². The number of hydrogen-bond donors (Lipinski definition) is 2. The van der Waals surface area contributed by atoms with Gasteiger partial charge in [0.05, 0.1) is 6.10 Å². The lowest BCUT2D eigenvalue weighted by molar-refractivity contribution is 0.0689. The van der Waals surface area contributed by atoms with Gasteiger partial charge in [-0.2, -0.15) is 0 Å². The zero-order valence-electron chi connectivity index (χ0n) is 7.27. The number of hydrogen-bond acceptors (Lipinski definition) is 3. The van der Waals surface area contributed by atoms with Gasteiger partial charge in [0.2, 0.25) is 0 Å². The number of nitrogens with zero attached hydrogens (tertiary/aromatic N) is 1. The van der Waals surface area contributed by atoms with Crippen molar-refractivity contribution in [3.63, 3.8) is 0 Å². The summed E-state index contributed by atoms with van der Waals surface area (Å²) in [4.78, 5) is 14.4. The maximum absolute atomic E-state index is 10.5. The standard InChI is InChI=1S/C9H11NO3/c1-6(11)5-7-3-2-4-8(10-7)9(12)13/h2-4,6,11H,5H2,1H3,(H,12,13). The lowest BCUT2D eigenvalue weighted by Crippen LogP contribution is -2.08. The van der Waals surface area contributed by atoms with Gasteiger partial charge in [0.15, 0.2) is 0 Å². The van der Waals surface area contributed by atoms with E-state index in [9.17, 15) is 4.79 Å². The summed E-state index contributed by atoms with van der Waals surface area (Å²) in [6.45, 7) is 1.63. The predicted molar refractivity (Wildman–Crippen MR) is 46.6 cm³/mol. The van der Waals surface area contributed by atoms with Crippen LogP contribution < -0.4 is 0 Å². The Balaban J connectivity index is 2.85. The van der Waals surface area contributed by atoms with Gasteiger partial charge in [-0.25, -0.2) is 9.78 Å². The van der Waals surface area contributed by atoms with Crippen LogP contribution in [0.4, 0.5) is 0 Å². The fraction of sp³-hybridized carbons (Fsp3) is 0.333. The summed E-state index contributed by atoms with van der Waals surface area (Å²) in [5, 5.41) is 17.7. The summed E-state index contributed by atoms with van der Waals surface area (Å²) in [6, 6.07) is 4.74. The molecule has 1 rings (SSSR count). The largest absolute Gasteiger partial charge is 0.477 e. The first kappa shape index (κ1) is 9.67. The fourth-order valence-electron chi connectivity index (χ4n) is 1.02. The Morgan fingerprint density at radius 3 is 2.85 bits per heavy atom. The first-order valence-corrected chi connectivity index (χ1v) is 3.97. The van der Waals surface area contributed by atoms with Crippen LogP contribution in [0.15, 0.2) is 18.2 Å². The molecular weight excluding hydrogens is 170 g/mol. The van der Waals surface area contributed by atoms with E-state index in [-0.39, 0.29) is 5.69 Å². The smallest absolute Gasteiger partial charge is 0.354 e. The number of rotatable bonds is 3. The molecule has 1 heterocycles. The number of carbonyl (C=O) groups is 1. The molecule has 0 spiro atoms. The number of aromatic nitrogens is 1. The zero-order chi connectivity index (χ0) is 9.84. The van der Waals surface area contributed by atoms with Crippen molar-refractivity contribution in [3.05, 3.63) is 29.6 Å². The number of pyridine rings is 1. The van der Waals surface area contributed by atoms with E-state index < -0.39 is 12.1 Å². The van der Waals surface area contributed by atoms with Crippen LogP contribution in [0.5, 0.6) is 0 Å². The maximum atomic E-state index is 10.5. The highest BCUT2D eigenvalue weighted by Gasteiger charge is 2.06. The summed E-state index contributed by atoms with van der Waals surface area (Å²) in [5.41, 5.74) is 0.605. The van der Waals surface area contributed by atoms with Crippen LogP contribution in [-0.4, -0.2) is 27.3 Å². The Morgan fingerprint density at radius 2 is 2.31 bits per heavy atom. The van der Waals surface area contributed by atoms with Gasteiger partial charge in [-0.3, -0.25) is 0 Å². The second-order valence-corrected chi connectivity index (χ2v) is 2.87. The highest BCUT2D eigenvalue weighted by molar-refractivity contribution is 5.85. The molecule has 0 aliphatic carbocycles. The number of carboxylic acid groups (broad SMARTS) is 1. The zero-order valence-corrected chi connectivity index (χ0v) is 7.27. The van der Waals surface area contributed by atoms with Gasteiger partial charge in [-0.15, -0.1) is 0 Å². The van der Waals surface area contributed by atoms with E-state index in [0.717, 1.165) is 0 Å². The number of aromatic carboxylic acids is 1. The molecule has 4 heteroatoms. The van der Waals surface area contributed by atoms with Crippen molar-refractivity contribution in [3.8, 4) is 0 Å². The van der Waals surface area contributed by atoms with Gasteiger partial charge in [0.1, 0.15) is 5.69 Å². The van der Waals surface area contributed by atoms with Gasteiger partial charge in [-0.1, -0.05) is 6.07 Å². The van der Waals surface area contributed by atoms with E-state index in [1.165, 1.54) is 6.07 Å². The molecule has 0 saturated heterocycles. The summed E-state index contributed by atoms with van der Waals surface area (Å²) < 4.78 is 0. The lowest BCUT2D eigenvalue weighted by Gasteiger charge is -2.03. The summed E-state index contributed by atoms with van der Waals surface area (Å²) >= 11 is 0. The molecule has 0 saturated carbocycles. The Bertz CT molecular complexity index is 309. The molecule has 0 radical (unpaired) electrons. The molecule has 0 aromatic carbocycles. The van der Waals surface area contributed by atoms with Crippen LogP contribution >= 0.6 is 0 Å².